The number of hydrogen-bond donors (Lipinski definition) is 2. The number of halogens is 1. The average Bonchev–Trinajstić information content (AvgIpc) is 3.00. The van der Waals surface area contributed by atoms with Crippen molar-refractivity contribution in [2.24, 2.45) is 0 Å². The summed E-state index contributed by atoms with van der Waals surface area (Å²) in [4.78, 5) is 12.8. The number of aryl methyl sites for hydroxylation is 1. The minimum absolute atomic E-state index is 0.0953. The summed E-state index contributed by atoms with van der Waals surface area (Å²) >= 11 is 1.45. The van der Waals surface area contributed by atoms with Crippen LogP contribution in [0.1, 0.15) is 29.0 Å². The normalized spacial score (nSPS) is 18.2. The molecule has 3 aromatic rings. The number of rotatable bonds is 4. The number of thioether (sulfide) groups is 1. The van der Waals surface area contributed by atoms with Gasteiger partial charge in [-0.2, -0.15) is 5.10 Å². The smallest absolute Gasteiger partial charge is 0.238 e. The molecule has 9 heteroatoms. The van der Waals surface area contributed by atoms with Crippen molar-refractivity contribution < 1.29 is 23.8 Å². The lowest BCUT2D eigenvalue weighted by Gasteiger charge is -2.20. The summed E-state index contributed by atoms with van der Waals surface area (Å²) in [5.41, 5.74) is 2.77. The number of amides is 1. The van der Waals surface area contributed by atoms with Crippen LogP contribution in [0.4, 0.5) is 10.2 Å². The van der Waals surface area contributed by atoms with Crippen LogP contribution < -0.4 is 14.8 Å². The van der Waals surface area contributed by atoms with E-state index in [4.69, 9.17) is 9.47 Å². The largest absolute Gasteiger partial charge is 0.502 e. The zero-order chi connectivity index (χ0) is 22.3. The van der Waals surface area contributed by atoms with E-state index in [0.29, 0.717) is 17.2 Å². The molecule has 0 radical (unpaired) electrons. The third kappa shape index (κ3) is 3.69. The molecule has 0 bridgehead atoms. The zero-order valence-electron chi connectivity index (χ0n) is 17.5. The van der Waals surface area contributed by atoms with Gasteiger partial charge in [-0.3, -0.25) is 4.79 Å². The number of anilines is 1. The Morgan fingerprint density at radius 3 is 2.48 bits per heavy atom. The third-order valence-corrected chi connectivity index (χ3v) is 6.58. The second-order valence-electron chi connectivity index (χ2n) is 7.16. The van der Waals surface area contributed by atoms with Crippen LogP contribution in [0.3, 0.4) is 0 Å². The Hall–Kier alpha value is -3.20. The second-order valence-corrected chi connectivity index (χ2v) is 8.61. The lowest BCUT2D eigenvalue weighted by atomic mass is 10.0. The number of hydrogen-bond acceptors (Lipinski definition) is 6. The summed E-state index contributed by atoms with van der Waals surface area (Å²) in [6, 6.07) is 9.48. The van der Waals surface area contributed by atoms with Crippen molar-refractivity contribution in [3.8, 4) is 22.9 Å². The van der Waals surface area contributed by atoms with Crippen molar-refractivity contribution in [1.82, 2.24) is 9.78 Å². The summed E-state index contributed by atoms with van der Waals surface area (Å²) in [7, 11) is 2.93. The van der Waals surface area contributed by atoms with Crippen LogP contribution in [-0.4, -0.2) is 40.3 Å². The van der Waals surface area contributed by atoms with Crippen LogP contribution in [0.2, 0.25) is 0 Å². The number of methoxy groups -OCH3 is 2. The number of benzene rings is 2. The number of fused-ring (bicyclic) bond motifs is 1. The molecule has 0 aliphatic carbocycles. The first-order valence-corrected chi connectivity index (χ1v) is 10.5. The first-order valence-electron chi connectivity index (χ1n) is 9.60. The molecular formula is C22H22FN3O4S. The Bertz CT molecular complexity index is 1140. The Balaban J connectivity index is 1.94. The second kappa shape index (κ2) is 8.14. The van der Waals surface area contributed by atoms with E-state index < -0.39 is 5.82 Å². The number of carbonyl (C=O) groups is 1. The quantitative estimate of drug-likeness (QED) is 0.629. The Kier molecular flexibility index (Phi) is 5.53. The number of aromatic hydroxyl groups is 1. The SMILES string of the molecule is COc1cc(C2SC(C)C(=O)Nc3c2c(C)nn3-c2cccc(F)c2)cc(OC)c1O. The van der Waals surface area contributed by atoms with E-state index >= 15 is 0 Å². The summed E-state index contributed by atoms with van der Waals surface area (Å²) in [5.74, 6) is 0.351. The highest BCUT2D eigenvalue weighted by atomic mass is 32.2. The molecule has 7 nitrogen and oxygen atoms in total. The maximum atomic E-state index is 13.9. The van der Waals surface area contributed by atoms with Gasteiger partial charge >= 0.3 is 0 Å². The van der Waals surface area contributed by atoms with E-state index in [1.54, 1.807) is 28.9 Å². The fourth-order valence-electron chi connectivity index (χ4n) is 3.63. The molecule has 162 valence electrons. The number of phenolic OH excluding ortho intramolecular Hbond substituents is 1. The Morgan fingerprint density at radius 2 is 1.87 bits per heavy atom. The van der Waals surface area contributed by atoms with Crippen LogP contribution in [0.15, 0.2) is 36.4 Å². The molecule has 2 unspecified atom stereocenters. The molecule has 2 N–H and O–H groups in total. The molecule has 0 saturated heterocycles. The maximum absolute atomic E-state index is 13.9. The number of ether oxygens (including phenoxy) is 2. The van der Waals surface area contributed by atoms with Gasteiger partial charge in [-0.25, -0.2) is 9.07 Å². The summed E-state index contributed by atoms with van der Waals surface area (Å²) in [5, 5.41) is 17.2. The Labute approximate surface area is 183 Å². The molecule has 0 saturated carbocycles. The first-order chi connectivity index (χ1) is 14.8. The molecule has 2 atom stereocenters. The van der Waals surface area contributed by atoms with Gasteiger partial charge in [0.1, 0.15) is 11.6 Å². The van der Waals surface area contributed by atoms with Crippen molar-refractivity contribution in [2.75, 3.05) is 19.5 Å². The van der Waals surface area contributed by atoms with Crippen molar-refractivity contribution >= 4 is 23.5 Å². The molecular weight excluding hydrogens is 421 g/mol. The summed E-state index contributed by atoms with van der Waals surface area (Å²) in [6.45, 7) is 3.67. The molecule has 1 amide bonds. The minimum Gasteiger partial charge on any atom is -0.502 e. The van der Waals surface area contributed by atoms with Crippen molar-refractivity contribution in [1.29, 1.82) is 0 Å². The fraction of sp³-hybridized carbons (Fsp3) is 0.273. The number of aromatic nitrogens is 2. The van der Waals surface area contributed by atoms with E-state index in [-0.39, 0.29) is 33.7 Å². The number of phenols is 1. The summed E-state index contributed by atoms with van der Waals surface area (Å²) < 4.78 is 26.1. The summed E-state index contributed by atoms with van der Waals surface area (Å²) in [6.07, 6.45) is 0. The van der Waals surface area contributed by atoms with E-state index in [0.717, 1.165) is 11.1 Å². The molecule has 0 spiro atoms. The number of nitrogens with one attached hydrogen (secondary N) is 1. The first kappa shape index (κ1) is 21.0. The molecule has 31 heavy (non-hydrogen) atoms. The van der Waals surface area contributed by atoms with E-state index in [9.17, 15) is 14.3 Å². The van der Waals surface area contributed by atoms with Crippen LogP contribution in [-0.2, 0) is 4.79 Å². The topological polar surface area (TPSA) is 85.6 Å². The lowest BCUT2D eigenvalue weighted by Crippen LogP contribution is -2.22. The maximum Gasteiger partial charge on any atom is 0.238 e. The van der Waals surface area contributed by atoms with E-state index in [1.165, 1.54) is 38.1 Å². The highest BCUT2D eigenvalue weighted by Gasteiger charge is 2.35. The van der Waals surface area contributed by atoms with Gasteiger partial charge in [-0.15, -0.1) is 11.8 Å². The predicted octanol–water partition coefficient (Wildman–Crippen LogP) is 4.21. The standard InChI is InChI=1S/C22H22FN3O4S/c1-11-18-20(13-8-16(29-3)19(27)17(9-13)30-4)31-12(2)22(28)24-21(18)26(25-11)15-7-5-6-14(23)10-15/h5-10,12,20,27H,1-4H3,(H,24,28). The minimum atomic E-state index is -0.397. The van der Waals surface area contributed by atoms with Gasteiger partial charge in [0.05, 0.1) is 36.1 Å². The van der Waals surface area contributed by atoms with Crippen molar-refractivity contribution in [2.45, 2.75) is 24.3 Å². The fourth-order valence-corrected chi connectivity index (χ4v) is 4.93. The van der Waals surface area contributed by atoms with E-state index in [1.807, 2.05) is 13.8 Å². The van der Waals surface area contributed by atoms with Gasteiger partial charge in [0.2, 0.25) is 11.7 Å². The molecule has 1 aliphatic heterocycles. The highest BCUT2D eigenvalue weighted by Crippen LogP contribution is 2.49. The van der Waals surface area contributed by atoms with Gasteiger partial charge in [0.15, 0.2) is 11.5 Å². The Morgan fingerprint density at radius 1 is 1.19 bits per heavy atom. The predicted molar refractivity (Wildman–Crippen MR) is 117 cm³/mol. The van der Waals surface area contributed by atoms with Crippen molar-refractivity contribution in [3.63, 3.8) is 0 Å². The molecule has 4 rings (SSSR count). The molecule has 2 aromatic carbocycles. The van der Waals surface area contributed by atoms with Crippen LogP contribution in [0.5, 0.6) is 17.2 Å². The van der Waals surface area contributed by atoms with Crippen LogP contribution in [0.25, 0.3) is 5.69 Å². The lowest BCUT2D eigenvalue weighted by molar-refractivity contribution is -0.115. The zero-order valence-corrected chi connectivity index (χ0v) is 18.3. The number of carbonyl (C=O) groups excluding carboxylic acids is 1. The highest BCUT2D eigenvalue weighted by molar-refractivity contribution is 8.01. The van der Waals surface area contributed by atoms with Gasteiger partial charge in [0, 0.05) is 5.56 Å². The van der Waals surface area contributed by atoms with E-state index in [2.05, 4.69) is 10.4 Å². The molecule has 1 aliphatic rings. The van der Waals surface area contributed by atoms with Crippen molar-refractivity contribution in [3.05, 3.63) is 59.0 Å². The molecule has 0 fully saturated rings. The van der Waals surface area contributed by atoms with Gasteiger partial charge in [-0.1, -0.05) is 6.07 Å². The van der Waals surface area contributed by atoms with Gasteiger partial charge in [0.25, 0.3) is 0 Å². The van der Waals surface area contributed by atoms with Crippen LogP contribution >= 0.6 is 11.8 Å². The monoisotopic (exact) mass is 443 g/mol. The van der Waals surface area contributed by atoms with Gasteiger partial charge < -0.3 is 19.9 Å². The number of nitrogens with zero attached hydrogens (tertiary/aromatic N) is 2. The average molecular weight is 444 g/mol. The van der Waals surface area contributed by atoms with Crippen LogP contribution in [0, 0.1) is 12.7 Å². The third-order valence-electron chi connectivity index (χ3n) is 5.18. The molecule has 2 heterocycles. The molecule has 1 aromatic heterocycles. The van der Waals surface area contributed by atoms with Gasteiger partial charge in [-0.05, 0) is 49.7 Å².